The summed E-state index contributed by atoms with van der Waals surface area (Å²) in [4.78, 5) is 45.7. The summed E-state index contributed by atoms with van der Waals surface area (Å²) in [6.07, 6.45) is 8.87. The first-order chi connectivity index (χ1) is 18.1. The largest absolute Gasteiger partial charge is 0.354 e. The number of para-hydroxylation sites is 1. The molecule has 3 fully saturated rings. The Morgan fingerprint density at radius 1 is 1.05 bits per heavy atom. The van der Waals surface area contributed by atoms with Gasteiger partial charge in [0.05, 0.1) is 6.67 Å². The summed E-state index contributed by atoms with van der Waals surface area (Å²) < 4.78 is 0. The number of nitrogens with one attached hydrogen (secondary N) is 1. The lowest BCUT2D eigenvalue weighted by molar-refractivity contribution is -0.140. The van der Waals surface area contributed by atoms with Crippen molar-refractivity contribution in [3.05, 3.63) is 30.3 Å². The maximum Gasteiger partial charge on any atom is 0.250 e. The molecule has 2 saturated heterocycles. The standard InChI is InChI=1S/C31H48N4O3/c1-24(20-30(2,3)4)19-28(37)33-17-15-31(16-18-33)29(38)34(23-35(31)26-13-9-6-10-14-26)22-27(36)32-21-25-11-7-5-8-12-25/h6,9-10,13-14,24-25H,5,7-8,11-12,15-23H2,1-4H3,(H,32,36). The van der Waals surface area contributed by atoms with Crippen LogP contribution in [0.4, 0.5) is 5.69 Å². The first-order valence-electron chi connectivity index (χ1n) is 14.7. The molecule has 0 radical (unpaired) electrons. The number of rotatable bonds is 8. The maximum absolute atomic E-state index is 13.9. The molecule has 1 atom stereocenters. The van der Waals surface area contributed by atoms with Crippen LogP contribution in [0, 0.1) is 17.3 Å². The van der Waals surface area contributed by atoms with Crippen molar-refractivity contribution in [3.8, 4) is 0 Å². The van der Waals surface area contributed by atoms with E-state index in [1.807, 2.05) is 35.2 Å². The molecule has 1 aromatic rings. The van der Waals surface area contributed by atoms with Crippen molar-refractivity contribution in [2.75, 3.05) is 37.7 Å². The summed E-state index contributed by atoms with van der Waals surface area (Å²) in [5.74, 6) is 1.01. The number of carbonyl (C=O) groups is 3. The predicted octanol–water partition coefficient (Wildman–Crippen LogP) is 4.81. The first kappa shape index (κ1) is 28.4. The molecule has 2 heterocycles. The monoisotopic (exact) mass is 524 g/mol. The second-order valence-corrected chi connectivity index (χ2v) is 13.2. The van der Waals surface area contributed by atoms with Crippen LogP contribution in [0.5, 0.6) is 0 Å². The second-order valence-electron chi connectivity index (χ2n) is 13.2. The van der Waals surface area contributed by atoms with E-state index in [2.05, 4.69) is 37.9 Å². The van der Waals surface area contributed by atoms with Crippen molar-refractivity contribution in [2.24, 2.45) is 17.3 Å². The van der Waals surface area contributed by atoms with Crippen LogP contribution >= 0.6 is 0 Å². The smallest absolute Gasteiger partial charge is 0.250 e. The van der Waals surface area contributed by atoms with Gasteiger partial charge in [0.2, 0.25) is 11.8 Å². The SMILES string of the molecule is CC(CC(=O)N1CCC2(CC1)C(=O)N(CC(=O)NCC1CCCCC1)CN2c1ccccc1)CC(C)(C)C. The summed E-state index contributed by atoms with van der Waals surface area (Å²) in [5, 5.41) is 3.10. The van der Waals surface area contributed by atoms with Gasteiger partial charge in [-0.15, -0.1) is 0 Å². The summed E-state index contributed by atoms with van der Waals surface area (Å²) in [5.41, 5.74) is 0.479. The lowest BCUT2D eigenvalue weighted by atomic mass is 9.83. The zero-order valence-electron chi connectivity index (χ0n) is 24.0. The Bertz CT molecular complexity index is 959. The van der Waals surface area contributed by atoms with Crippen LogP contribution in [0.15, 0.2) is 30.3 Å². The van der Waals surface area contributed by atoms with Crippen LogP contribution in [-0.4, -0.2) is 65.9 Å². The molecule has 7 heteroatoms. The lowest BCUT2D eigenvalue weighted by Crippen LogP contribution is -2.57. The van der Waals surface area contributed by atoms with Crippen LogP contribution in [0.3, 0.4) is 0 Å². The molecule has 3 amide bonds. The minimum atomic E-state index is -0.710. The van der Waals surface area contributed by atoms with E-state index in [0.717, 1.165) is 12.1 Å². The Morgan fingerprint density at radius 3 is 2.34 bits per heavy atom. The number of carbonyl (C=O) groups excluding carboxylic acids is 3. The number of nitrogens with zero attached hydrogens (tertiary/aromatic N) is 3. The van der Waals surface area contributed by atoms with Crippen molar-refractivity contribution in [3.63, 3.8) is 0 Å². The molecule has 4 rings (SSSR count). The number of hydrogen-bond acceptors (Lipinski definition) is 4. The Morgan fingerprint density at radius 2 is 1.71 bits per heavy atom. The second kappa shape index (κ2) is 12.1. The molecule has 210 valence electrons. The molecule has 38 heavy (non-hydrogen) atoms. The highest BCUT2D eigenvalue weighted by molar-refractivity contribution is 5.96. The van der Waals surface area contributed by atoms with Crippen molar-refractivity contribution >= 4 is 23.4 Å². The van der Waals surface area contributed by atoms with Crippen LogP contribution in [0.2, 0.25) is 0 Å². The highest BCUT2D eigenvalue weighted by Crippen LogP contribution is 2.40. The minimum Gasteiger partial charge on any atom is -0.354 e. The fraction of sp³-hybridized carbons (Fsp3) is 0.710. The van der Waals surface area contributed by atoms with E-state index in [1.165, 1.54) is 32.1 Å². The van der Waals surface area contributed by atoms with Gasteiger partial charge >= 0.3 is 0 Å². The number of amides is 3. The fourth-order valence-corrected chi connectivity index (χ4v) is 6.87. The van der Waals surface area contributed by atoms with Crippen LogP contribution in [-0.2, 0) is 14.4 Å². The Kier molecular flexibility index (Phi) is 9.04. The lowest BCUT2D eigenvalue weighted by Gasteiger charge is -2.43. The van der Waals surface area contributed by atoms with E-state index in [4.69, 9.17) is 0 Å². The summed E-state index contributed by atoms with van der Waals surface area (Å²) in [6, 6.07) is 10.0. The molecule has 1 aliphatic carbocycles. The summed E-state index contributed by atoms with van der Waals surface area (Å²) >= 11 is 0. The number of likely N-dealkylation sites (tertiary alicyclic amines) is 1. The van der Waals surface area contributed by atoms with Crippen LogP contribution < -0.4 is 10.2 Å². The van der Waals surface area contributed by atoms with Gasteiger partial charge < -0.3 is 20.0 Å². The average Bonchev–Trinajstić information content (AvgIpc) is 3.14. The maximum atomic E-state index is 13.9. The molecule has 7 nitrogen and oxygen atoms in total. The molecule has 2 aliphatic heterocycles. The van der Waals surface area contributed by atoms with Gasteiger partial charge in [0.25, 0.3) is 5.91 Å². The van der Waals surface area contributed by atoms with Gasteiger partial charge in [-0.05, 0) is 61.5 Å². The molecular formula is C31H48N4O3. The van der Waals surface area contributed by atoms with E-state index < -0.39 is 5.54 Å². The van der Waals surface area contributed by atoms with Gasteiger partial charge in [0.1, 0.15) is 12.1 Å². The third-order valence-corrected chi connectivity index (χ3v) is 8.66. The van der Waals surface area contributed by atoms with Gasteiger partial charge in [0.15, 0.2) is 0 Å². The summed E-state index contributed by atoms with van der Waals surface area (Å²) in [6.45, 7) is 11.1. The molecule has 0 aromatic heterocycles. The van der Waals surface area contributed by atoms with E-state index in [0.29, 0.717) is 57.4 Å². The summed E-state index contributed by atoms with van der Waals surface area (Å²) in [7, 11) is 0. The fourth-order valence-electron chi connectivity index (χ4n) is 6.87. The third kappa shape index (κ3) is 6.89. The van der Waals surface area contributed by atoms with Crippen molar-refractivity contribution in [2.45, 2.75) is 91.0 Å². The minimum absolute atomic E-state index is 0.0161. The molecule has 1 spiro atoms. The van der Waals surface area contributed by atoms with Gasteiger partial charge in [-0.3, -0.25) is 14.4 Å². The third-order valence-electron chi connectivity index (χ3n) is 8.66. The number of benzene rings is 1. The quantitative estimate of drug-likeness (QED) is 0.530. The normalized spacial score (nSPS) is 21.2. The number of hydrogen-bond donors (Lipinski definition) is 1. The zero-order chi connectivity index (χ0) is 27.3. The highest BCUT2D eigenvalue weighted by atomic mass is 16.2. The first-order valence-corrected chi connectivity index (χ1v) is 14.7. The van der Waals surface area contributed by atoms with Crippen molar-refractivity contribution in [1.82, 2.24) is 15.1 Å². The topological polar surface area (TPSA) is 73.0 Å². The Balaban J connectivity index is 1.40. The molecule has 3 aliphatic rings. The van der Waals surface area contributed by atoms with E-state index in [1.54, 1.807) is 4.90 Å². The van der Waals surface area contributed by atoms with Gasteiger partial charge in [0, 0.05) is 31.7 Å². The average molecular weight is 525 g/mol. The highest BCUT2D eigenvalue weighted by Gasteiger charge is 2.54. The van der Waals surface area contributed by atoms with Gasteiger partial charge in [-0.1, -0.05) is 65.2 Å². The van der Waals surface area contributed by atoms with E-state index in [9.17, 15) is 14.4 Å². The van der Waals surface area contributed by atoms with Crippen molar-refractivity contribution < 1.29 is 14.4 Å². The van der Waals surface area contributed by atoms with Gasteiger partial charge in [-0.25, -0.2) is 0 Å². The van der Waals surface area contributed by atoms with Crippen LogP contribution in [0.1, 0.15) is 85.5 Å². The Labute approximate surface area is 229 Å². The molecule has 1 saturated carbocycles. The molecule has 0 bridgehead atoms. The number of piperidine rings is 1. The molecule has 1 N–H and O–H groups in total. The molecule has 1 aromatic carbocycles. The number of anilines is 1. The predicted molar refractivity (Wildman–Crippen MR) is 151 cm³/mol. The van der Waals surface area contributed by atoms with E-state index in [-0.39, 0.29) is 29.7 Å². The van der Waals surface area contributed by atoms with Crippen molar-refractivity contribution in [1.29, 1.82) is 0 Å². The van der Waals surface area contributed by atoms with Crippen LogP contribution in [0.25, 0.3) is 0 Å². The molecular weight excluding hydrogens is 476 g/mol. The van der Waals surface area contributed by atoms with Gasteiger partial charge in [-0.2, -0.15) is 0 Å². The molecule has 1 unspecified atom stereocenters. The zero-order valence-corrected chi connectivity index (χ0v) is 24.0. The van der Waals surface area contributed by atoms with E-state index >= 15 is 0 Å². The Hall–Kier alpha value is -2.57.